The standard InChI is InChI=1S/C16H21N3O2/c1-3-8-19-15(14(21-2)10-18-19)16(20)7-6-11-9-12(17)4-5-13(11)16/h4-5,9-10,20H,3,6-8,17H2,1-2H3. The number of nitrogens with two attached hydrogens (primary N) is 1. The van der Waals surface area contributed by atoms with Gasteiger partial charge in [0.1, 0.15) is 11.3 Å². The average molecular weight is 287 g/mol. The number of hydrogen-bond acceptors (Lipinski definition) is 4. The summed E-state index contributed by atoms with van der Waals surface area (Å²) in [6.45, 7) is 2.84. The van der Waals surface area contributed by atoms with Gasteiger partial charge >= 0.3 is 0 Å². The number of benzene rings is 1. The molecule has 0 spiro atoms. The van der Waals surface area contributed by atoms with Crippen LogP contribution in [0.2, 0.25) is 0 Å². The van der Waals surface area contributed by atoms with Gasteiger partial charge in [-0.15, -0.1) is 0 Å². The lowest BCUT2D eigenvalue weighted by molar-refractivity contribution is 0.0697. The molecule has 112 valence electrons. The molecule has 3 rings (SSSR count). The largest absolute Gasteiger partial charge is 0.493 e. The van der Waals surface area contributed by atoms with Gasteiger partial charge in [0, 0.05) is 12.2 Å². The molecule has 1 aromatic heterocycles. The highest BCUT2D eigenvalue weighted by Crippen LogP contribution is 2.45. The first-order chi connectivity index (χ1) is 10.1. The van der Waals surface area contributed by atoms with Gasteiger partial charge in [-0.05, 0) is 42.5 Å². The summed E-state index contributed by atoms with van der Waals surface area (Å²) in [6.07, 6.45) is 4.05. The van der Waals surface area contributed by atoms with Gasteiger partial charge in [-0.2, -0.15) is 5.10 Å². The average Bonchev–Trinajstić information content (AvgIpc) is 3.02. The molecule has 0 saturated carbocycles. The molecule has 5 nitrogen and oxygen atoms in total. The Morgan fingerprint density at radius 1 is 1.48 bits per heavy atom. The molecule has 0 fully saturated rings. The van der Waals surface area contributed by atoms with E-state index in [1.165, 1.54) is 0 Å². The summed E-state index contributed by atoms with van der Waals surface area (Å²) in [5, 5.41) is 15.7. The summed E-state index contributed by atoms with van der Waals surface area (Å²) in [6, 6.07) is 5.70. The van der Waals surface area contributed by atoms with Crippen LogP contribution >= 0.6 is 0 Å². The molecule has 1 aliphatic rings. The van der Waals surface area contributed by atoms with Crippen molar-refractivity contribution < 1.29 is 9.84 Å². The number of hydrogen-bond donors (Lipinski definition) is 2. The zero-order valence-electron chi connectivity index (χ0n) is 12.5. The number of nitrogen functional groups attached to an aromatic ring is 1. The minimum Gasteiger partial charge on any atom is -0.493 e. The van der Waals surface area contributed by atoms with Crippen molar-refractivity contribution in [1.29, 1.82) is 0 Å². The number of aromatic nitrogens is 2. The van der Waals surface area contributed by atoms with Gasteiger partial charge in [0.2, 0.25) is 0 Å². The van der Waals surface area contributed by atoms with Crippen molar-refractivity contribution in [3.63, 3.8) is 0 Å². The van der Waals surface area contributed by atoms with Crippen molar-refractivity contribution in [3.05, 3.63) is 41.2 Å². The normalized spacial score (nSPS) is 20.5. The van der Waals surface area contributed by atoms with Gasteiger partial charge in [-0.1, -0.05) is 13.0 Å². The van der Waals surface area contributed by atoms with Gasteiger partial charge < -0.3 is 15.6 Å². The molecule has 1 aromatic carbocycles. The summed E-state index contributed by atoms with van der Waals surface area (Å²) in [5.74, 6) is 0.635. The fraction of sp³-hybridized carbons (Fsp3) is 0.438. The van der Waals surface area contributed by atoms with Crippen LogP contribution in [-0.4, -0.2) is 22.0 Å². The molecule has 1 atom stereocenters. The van der Waals surface area contributed by atoms with Gasteiger partial charge in [0.05, 0.1) is 13.3 Å². The van der Waals surface area contributed by atoms with Crippen LogP contribution in [0.5, 0.6) is 5.75 Å². The Kier molecular flexibility index (Phi) is 3.37. The monoisotopic (exact) mass is 287 g/mol. The van der Waals surface area contributed by atoms with Crippen LogP contribution in [0.3, 0.4) is 0 Å². The van der Waals surface area contributed by atoms with Crippen molar-refractivity contribution >= 4 is 5.69 Å². The molecule has 0 bridgehead atoms. The van der Waals surface area contributed by atoms with Crippen LogP contribution in [0, 0.1) is 0 Å². The molecule has 0 amide bonds. The Hall–Kier alpha value is -2.01. The Morgan fingerprint density at radius 3 is 3.00 bits per heavy atom. The van der Waals surface area contributed by atoms with E-state index in [4.69, 9.17) is 10.5 Å². The molecule has 5 heteroatoms. The highest BCUT2D eigenvalue weighted by atomic mass is 16.5. The second-order valence-electron chi connectivity index (χ2n) is 5.56. The third-order valence-electron chi connectivity index (χ3n) is 4.18. The van der Waals surface area contributed by atoms with E-state index in [1.54, 1.807) is 13.3 Å². The van der Waals surface area contributed by atoms with Crippen LogP contribution < -0.4 is 10.5 Å². The molecule has 21 heavy (non-hydrogen) atoms. The Morgan fingerprint density at radius 2 is 2.29 bits per heavy atom. The van der Waals surface area contributed by atoms with Crippen LogP contribution in [0.4, 0.5) is 5.69 Å². The summed E-state index contributed by atoms with van der Waals surface area (Å²) in [5.41, 5.74) is 8.28. The van der Waals surface area contributed by atoms with E-state index in [-0.39, 0.29) is 0 Å². The predicted molar refractivity (Wildman–Crippen MR) is 81.2 cm³/mol. The maximum atomic E-state index is 11.3. The van der Waals surface area contributed by atoms with E-state index in [2.05, 4.69) is 12.0 Å². The topological polar surface area (TPSA) is 73.3 Å². The minimum absolute atomic E-state index is 0.623. The maximum Gasteiger partial charge on any atom is 0.163 e. The minimum atomic E-state index is -1.06. The Balaban J connectivity index is 2.15. The lowest BCUT2D eigenvalue weighted by Gasteiger charge is -2.26. The number of methoxy groups -OCH3 is 1. The molecular weight excluding hydrogens is 266 g/mol. The first-order valence-corrected chi connectivity index (χ1v) is 7.31. The number of aryl methyl sites for hydroxylation is 2. The SMILES string of the molecule is CCCn1ncc(OC)c1C1(O)CCc2cc(N)ccc21. The number of anilines is 1. The van der Waals surface area contributed by atoms with Crippen LogP contribution in [0.1, 0.15) is 36.6 Å². The molecule has 0 radical (unpaired) electrons. The van der Waals surface area contributed by atoms with E-state index < -0.39 is 5.60 Å². The van der Waals surface area contributed by atoms with E-state index in [9.17, 15) is 5.11 Å². The molecule has 0 aliphatic heterocycles. The zero-order valence-corrected chi connectivity index (χ0v) is 12.5. The highest BCUT2D eigenvalue weighted by molar-refractivity contribution is 5.53. The van der Waals surface area contributed by atoms with Crippen molar-refractivity contribution in [2.75, 3.05) is 12.8 Å². The predicted octanol–water partition coefficient (Wildman–Crippen LogP) is 2.07. The lowest BCUT2D eigenvalue weighted by Crippen LogP contribution is -2.28. The fourth-order valence-corrected chi connectivity index (χ4v) is 3.24. The van der Waals surface area contributed by atoms with Crippen LogP contribution in [-0.2, 0) is 18.6 Å². The van der Waals surface area contributed by atoms with Crippen molar-refractivity contribution in [1.82, 2.24) is 9.78 Å². The number of fused-ring (bicyclic) bond motifs is 1. The molecular formula is C16H21N3O2. The molecule has 2 aromatic rings. The third kappa shape index (κ3) is 2.08. The second-order valence-corrected chi connectivity index (χ2v) is 5.56. The first-order valence-electron chi connectivity index (χ1n) is 7.31. The van der Waals surface area contributed by atoms with E-state index >= 15 is 0 Å². The number of rotatable bonds is 4. The van der Waals surface area contributed by atoms with Crippen molar-refractivity contribution in [2.45, 2.75) is 38.3 Å². The van der Waals surface area contributed by atoms with E-state index in [0.29, 0.717) is 12.2 Å². The van der Waals surface area contributed by atoms with Crippen LogP contribution in [0.25, 0.3) is 0 Å². The van der Waals surface area contributed by atoms with Crippen LogP contribution in [0.15, 0.2) is 24.4 Å². The molecule has 1 heterocycles. The molecule has 1 aliphatic carbocycles. The summed E-state index contributed by atoms with van der Waals surface area (Å²) in [4.78, 5) is 0. The summed E-state index contributed by atoms with van der Waals surface area (Å²) in [7, 11) is 1.61. The van der Waals surface area contributed by atoms with E-state index in [1.807, 2.05) is 22.9 Å². The Bertz CT molecular complexity index is 666. The van der Waals surface area contributed by atoms with E-state index in [0.717, 1.165) is 41.9 Å². The van der Waals surface area contributed by atoms with Gasteiger partial charge in [-0.25, -0.2) is 0 Å². The number of nitrogens with zero attached hydrogens (tertiary/aromatic N) is 2. The maximum absolute atomic E-state index is 11.3. The smallest absolute Gasteiger partial charge is 0.163 e. The van der Waals surface area contributed by atoms with Gasteiger partial charge in [-0.3, -0.25) is 4.68 Å². The molecule has 1 unspecified atom stereocenters. The van der Waals surface area contributed by atoms with Crippen molar-refractivity contribution in [3.8, 4) is 5.75 Å². The summed E-state index contributed by atoms with van der Waals surface area (Å²) < 4.78 is 7.27. The lowest BCUT2D eigenvalue weighted by atomic mass is 9.91. The van der Waals surface area contributed by atoms with Gasteiger partial charge in [0.25, 0.3) is 0 Å². The van der Waals surface area contributed by atoms with Gasteiger partial charge in [0.15, 0.2) is 5.75 Å². The Labute approximate surface area is 124 Å². The molecule has 3 N–H and O–H groups in total. The quantitative estimate of drug-likeness (QED) is 0.844. The zero-order chi connectivity index (χ0) is 15.0. The third-order valence-corrected chi connectivity index (χ3v) is 4.18. The first kappa shape index (κ1) is 13.9. The fourth-order valence-electron chi connectivity index (χ4n) is 3.24. The van der Waals surface area contributed by atoms with Crippen molar-refractivity contribution in [2.24, 2.45) is 0 Å². The second kappa shape index (κ2) is 5.07. The number of ether oxygens (including phenoxy) is 1. The highest BCUT2D eigenvalue weighted by Gasteiger charge is 2.43. The summed E-state index contributed by atoms with van der Waals surface area (Å²) >= 11 is 0. The molecule has 0 saturated heterocycles. The number of aliphatic hydroxyl groups is 1.